The third-order valence-corrected chi connectivity index (χ3v) is 11.1. The zero-order valence-corrected chi connectivity index (χ0v) is 29.8. The molecular formula is C40H42F4N6O4. The molecule has 54 heavy (non-hydrogen) atoms. The van der Waals surface area contributed by atoms with Crippen molar-refractivity contribution >= 4 is 29.1 Å². The Bertz CT molecular complexity index is 1930. The number of carbonyl (C=O) groups excluding carboxylic acids is 3. The van der Waals surface area contributed by atoms with Crippen LogP contribution in [-0.4, -0.2) is 86.0 Å². The molecule has 7 rings (SSSR count). The normalized spacial score (nSPS) is 19.9. The van der Waals surface area contributed by atoms with Crippen molar-refractivity contribution in [2.24, 2.45) is 0 Å². The molecule has 3 fully saturated rings. The second-order valence-corrected chi connectivity index (χ2v) is 14.4. The molecule has 10 nitrogen and oxygen atoms in total. The minimum absolute atomic E-state index is 0.165. The van der Waals surface area contributed by atoms with Crippen LogP contribution in [-0.2, 0) is 22.3 Å². The number of ether oxygens (including phenoxy) is 1. The van der Waals surface area contributed by atoms with Crippen LogP contribution in [0.5, 0.6) is 5.75 Å². The first-order valence-electron chi connectivity index (χ1n) is 18.5. The van der Waals surface area contributed by atoms with Crippen molar-refractivity contribution in [2.45, 2.75) is 63.2 Å². The molecule has 1 atom stereocenters. The van der Waals surface area contributed by atoms with Gasteiger partial charge in [0.2, 0.25) is 11.8 Å². The van der Waals surface area contributed by atoms with Gasteiger partial charge in [-0.3, -0.25) is 24.6 Å². The first kappa shape index (κ1) is 37.2. The molecule has 0 aromatic heterocycles. The molecule has 3 saturated heterocycles. The predicted molar refractivity (Wildman–Crippen MR) is 193 cm³/mol. The Morgan fingerprint density at radius 3 is 2.30 bits per heavy atom. The van der Waals surface area contributed by atoms with E-state index in [0.29, 0.717) is 55.6 Å². The lowest BCUT2D eigenvalue weighted by Crippen LogP contribution is -2.52. The van der Waals surface area contributed by atoms with Crippen LogP contribution < -0.4 is 19.9 Å². The maximum Gasteiger partial charge on any atom is 0.417 e. The number of carbonyl (C=O) groups is 3. The standard InChI is InChI=1S/C40H42F4N6O4/c41-34-23-32-29(25-50(39(32)53)35-9-10-37(51)46-38(35)52)21-36(34)49-18-16-47(17-19-49)13-1-2-20-54-31-7-4-26(5-8-31)27-11-14-48(15-12-27)30-6-3-28(24-45)33(22-30)40(42,43)44/h3-8,21-23,27,35H,1-2,9-20,25H2,(H,46,51,52). The second-order valence-electron chi connectivity index (χ2n) is 14.4. The average molecular weight is 747 g/mol. The van der Waals surface area contributed by atoms with E-state index in [1.165, 1.54) is 22.6 Å². The highest BCUT2D eigenvalue weighted by Crippen LogP contribution is 2.37. The first-order chi connectivity index (χ1) is 26.0. The van der Waals surface area contributed by atoms with Crippen LogP contribution in [0.2, 0.25) is 0 Å². The molecule has 0 saturated carbocycles. The maximum absolute atomic E-state index is 15.3. The van der Waals surface area contributed by atoms with Crippen LogP contribution in [0, 0.1) is 17.1 Å². The Balaban J connectivity index is 0.812. The highest BCUT2D eigenvalue weighted by atomic mass is 19.4. The van der Waals surface area contributed by atoms with Gasteiger partial charge in [0.1, 0.15) is 17.6 Å². The quantitative estimate of drug-likeness (QED) is 0.157. The van der Waals surface area contributed by atoms with E-state index in [2.05, 4.69) is 22.3 Å². The Morgan fingerprint density at radius 2 is 1.61 bits per heavy atom. The molecule has 4 aliphatic rings. The van der Waals surface area contributed by atoms with Crippen LogP contribution in [0.25, 0.3) is 0 Å². The van der Waals surface area contributed by atoms with Gasteiger partial charge in [-0.1, -0.05) is 12.1 Å². The van der Waals surface area contributed by atoms with Crippen LogP contribution in [0.4, 0.5) is 28.9 Å². The highest BCUT2D eigenvalue weighted by molar-refractivity contribution is 6.05. The molecule has 3 aromatic rings. The molecule has 3 amide bonds. The number of imide groups is 1. The highest BCUT2D eigenvalue weighted by Gasteiger charge is 2.40. The fourth-order valence-electron chi connectivity index (χ4n) is 8.03. The Kier molecular flexibility index (Phi) is 10.8. The summed E-state index contributed by atoms with van der Waals surface area (Å²) in [6.07, 6.45) is -0.702. The molecule has 4 heterocycles. The van der Waals surface area contributed by atoms with Crippen LogP contribution in [0.15, 0.2) is 54.6 Å². The van der Waals surface area contributed by atoms with Crippen LogP contribution in [0.1, 0.15) is 77.1 Å². The lowest BCUT2D eigenvalue weighted by molar-refractivity contribution is -0.138. The zero-order valence-electron chi connectivity index (χ0n) is 29.8. The van der Waals surface area contributed by atoms with Gasteiger partial charge in [-0.2, -0.15) is 18.4 Å². The maximum atomic E-state index is 15.3. The lowest BCUT2D eigenvalue weighted by Gasteiger charge is -2.36. The number of anilines is 2. The van der Waals surface area contributed by atoms with Crippen LogP contribution >= 0.6 is 0 Å². The molecule has 0 radical (unpaired) electrons. The minimum Gasteiger partial charge on any atom is -0.494 e. The van der Waals surface area contributed by atoms with Gasteiger partial charge in [0.05, 0.1) is 29.5 Å². The van der Waals surface area contributed by atoms with E-state index < -0.39 is 29.5 Å². The van der Waals surface area contributed by atoms with Crippen molar-refractivity contribution in [3.8, 4) is 11.8 Å². The second kappa shape index (κ2) is 15.7. The number of nitrogens with zero attached hydrogens (tertiary/aromatic N) is 5. The number of unbranched alkanes of at least 4 members (excludes halogenated alkanes) is 1. The molecule has 3 aromatic carbocycles. The third-order valence-electron chi connectivity index (χ3n) is 11.1. The summed E-state index contributed by atoms with van der Waals surface area (Å²) < 4.78 is 61.6. The average Bonchev–Trinajstić information content (AvgIpc) is 3.48. The summed E-state index contributed by atoms with van der Waals surface area (Å²) in [4.78, 5) is 44.7. The summed E-state index contributed by atoms with van der Waals surface area (Å²) in [5, 5.41) is 11.4. The molecule has 0 aliphatic carbocycles. The van der Waals surface area contributed by atoms with E-state index in [4.69, 9.17) is 10.00 Å². The Labute approximate surface area is 311 Å². The molecule has 284 valence electrons. The smallest absolute Gasteiger partial charge is 0.417 e. The van der Waals surface area contributed by atoms with Gasteiger partial charge in [-0.05, 0) is 98.2 Å². The van der Waals surface area contributed by atoms with E-state index in [0.717, 1.165) is 57.1 Å². The minimum atomic E-state index is -4.58. The summed E-state index contributed by atoms with van der Waals surface area (Å²) in [5.74, 6) is -0.589. The van der Waals surface area contributed by atoms with E-state index in [1.807, 2.05) is 21.9 Å². The van der Waals surface area contributed by atoms with E-state index in [-0.39, 0.29) is 42.3 Å². The monoisotopic (exact) mass is 746 g/mol. The van der Waals surface area contributed by atoms with E-state index >= 15 is 4.39 Å². The van der Waals surface area contributed by atoms with Crippen molar-refractivity contribution in [1.82, 2.24) is 15.1 Å². The van der Waals surface area contributed by atoms with Gasteiger partial charge in [0.15, 0.2) is 0 Å². The molecule has 14 heteroatoms. The number of hydrogen-bond donors (Lipinski definition) is 1. The number of alkyl halides is 3. The number of nitriles is 1. The molecule has 4 aliphatic heterocycles. The number of rotatable bonds is 10. The number of hydrogen-bond acceptors (Lipinski definition) is 8. The fraction of sp³-hybridized carbons (Fsp3) is 0.450. The van der Waals surface area contributed by atoms with Gasteiger partial charge in [-0.15, -0.1) is 0 Å². The van der Waals surface area contributed by atoms with Crippen molar-refractivity contribution in [1.29, 1.82) is 5.26 Å². The number of nitrogens with one attached hydrogen (secondary N) is 1. The number of halogens is 4. The number of piperidine rings is 2. The SMILES string of the molecule is N#Cc1ccc(N2CCC(c3ccc(OCCCCN4CCN(c5cc6c(cc5F)C(=O)N(C5CCC(=O)NC5=O)C6)CC4)cc3)CC2)cc1C(F)(F)F. The molecular weight excluding hydrogens is 704 g/mol. The largest absolute Gasteiger partial charge is 0.494 e. The first-order valence-corrected chi connectivity index (χ1v) is 18.5. The molecule has 1 unspecified atom stereocenters. The van der Waals surface area contributed by atoms with Gasteiger partial charge in [-0.25, -0.2) is 4.39 Å². The van der Waals surface area contributed by atoms with Crippen molar-refractivity contribution < 1.29 is 36.7 Å². The van der Waals surface area contributed by atoms with E-state index in [9.17, 15) is 27.6 Å². The summed E-state index contributed by atoms with van der Waals surface area (Å²) in [6, 6.07) is 15.9. The summed E-state index contributed by atoms with van der Waals surface area (Å²) in [7, 11) is 0. The van der Waals surface area contributed by atoms with Gasteiger partial charge in [0.25, 0.3) is 5.91 Å². The van der Waals surface area contributed by atoms with Gasteiger partial charge in [0, 0.05) is 63.5 Å². The number of benzene rings is 3. The third kappa shape index (κ3) is 8.01. The number of fused-ring (bicyclic) bond motifs is 1. The topological polar surface area (TPSA) is 109 Å². The number of piperazine rings is 1. The van der Waals surface area contributed by atoms with Crippen molar-refractivity contribution in [2.75, 3.05) is 62.2 Å². The van der Waals surface area contributed by atoms with Crippen molar-refractivity contribution in [3.63, 3.8) is 0 Å². The Hall–Kier alpha value is -5.16. The molecule has 0 spiro atoms. The molecule has 1 N–H and O–H groups in total. The van der Waals surface area contributed by atoms with Crippen LogP contribution in [0.3, 0.4) is 0 Å². The lowest BCUT2D eigenvalue weighted by atomic mass is 9.89. The predicted octanol–water partition coefficient (Wildman–Crippen LogP) is 5.84. The van der Waals surface area contributed by atoms with Crippen molar-refractivity contribution in [3.05, 3.63) is 88.2 Å². The number of amides is 3. The summed E-state index contributed by atoms with van der Waals surface area (Å²) >= 11 is 0. The van der Waals surface area contributed by atoms with Gasteiger partial charge < -0.3 is 19.4 Å². The fourth-order valence-corrected chi connectivity index (χ4v) is 8.03. The van der Waals surface area contributed by atoms with E-state index in [1.54, 1.807) is 18.2 Å². The summed E-state index contributed by atoms with van der Waals surface area (Å²) in [6.45, 7) is 5.80. The zero-order chi connectivity index (χ0) is 38.0. The summed E-state index contributed by atoms with van der Waals surface area (Å²) in [5.41, 5.74) is 1.82. The Morgan fingerprint density at radius 1 is 0.870 bits per heavy atom. The van der Waals surface area contributed by atoms with Gasteiger partial charge >= 0.3 is 6.18 Å². The molecule has 0 bridgehead atoms.